The fourth-order valence-corrected chi connectivity index (χ4v) is 2.57. The van der Waals surface area contributed by atoms with Crippen LogP contribution >= 0.6 is 0 Å². The van der Waals surface area contributed by atoms with Gasteiger partial charge in [-0.15, -0.1) is 0 Å². The lowest BCUT2D eigenvalue weighted by Gasteiger charge is -2.29. The molecule has 0 saturated carbocycles. The molecule has 1 aliphatic rings. The van der Waals surface area contributed by atoms with E-state index in [0.29, 0.717) is 12.2 Å². The maximum atomic E-state index is 12.3. The summed E-state index contributed by atoms with van der Waals surface area (Å²) in [6.07, 6.45) is -0.470. The summed E-state index contributed by atoms with van der Waals surface area (Å²) >= 11 is 0. The molecule has 2 unspecified atom stereocenters. The molecule has 0 aromatic heterocycles. The SMILES string of the molecule is COc1ccccc1C1CC(O)CN1C(=O)OC(C)(C)C. The van der Waals surface area contributed by atoms with Gasteiger partial charge in [0.1, 0.15) is 11.4 Å². The largest absolute Gasteiger partial charge is 0.496 e. The quantitative estimate of drug-likeness (QED) is 0.911. The Hall–Kier alpha value is -1.75. The van der Waals surface area contributed by atoms with Crippen molar-refractivity contribution >= 4 is 6.09 Å². The number of methoxy groups -OCH3 is 1. The molecule has 1 aromatic rings. The van der Waals surface area contributed by atoms with Crippen LogP contribution in [0.5, 0.6) is 5.75 Å². The number of likely N-dealkylation sites (tertiary alicyclic amines) is 1. The summed E-state index contributed by atoms with van der Waals surface area (Å²) in [5.41, 5.74) is 0.332. The van der Waals surface area contributed by atoms with Crippen LogP contribution in [0.25, 0.3) is 0 Å². The molecule has 1 N–H and O–H groups in total. The number of carbonyl (C=O) groups excluding carboxylic acids is 1. The van der Waals surface area contributed by atoms with Crippen molar-refractivity contribution in [2.24, 2.45) is 0 Å². The monoisotopic (exact) mass is 293 g/mol. The minimum atomic E-state index is -0.560. The van der Waals surface area contributed by atoms with Crippen LogP contribution in [0.3, 0.4) is 0 Å². The molecular weight excluding hydrogens is 270 g/mol. The van der Waals surface area contributed by atoms with Gasteiger partial charge in [0.05, 0.1) is 25.8 Å². The molecule has 0 spiro atoms. The van der Waals surface area contributed by atoms with Crippen LogP contribution in [0.4, 0.5) is 4.79 Å². The van der Waals surface area contributed by atoms with Crippen molar-refractivity contribution in [1.82, 2.24) is 4.90 Å². The Morgan fingerprint density at radius 3 is 2.62 bits per heavy atom. The average Bonchev–Trinajstić information content (AvgIpc) is 2.79. The van der Waals surface area contributed by atoms with E-state index in [1.165, 1.54) is 0 Å². The molecule has 0 aliphatic carbocycles. The van der Waals surface area contributed by atoms with Gasteiger partial charge in [-0.2, -0.15) is 0 Å². The predicted molar refractivity (Wildman–Crippen MR) is 79.3 cm³/mol. The van der Waals surface area contributed by atoms with Gasteiger partial charge in [-0.1, -0.05) is 18.2 Å². The first-order chi connectivity index (χ1) is 9.81. The van der Waals surface area contributed by atoms with Crippen LogP contribution in [0.2, 0.25) is 0 Å². The summed E-state index contributed by atoms with van der Waals surface area (Å²) in [4.78, 5) is 13.9. The Morgan fingerprint density at radius 1 is 1.33 bits per heavy atom. The Labute approximate surface area is 125 Å². The fraction of sp³-hybridized carbons (Fsp3) is 0.562. The van der Waals surface area contributed by atoms with Crippen LogP contribution in [0.1, 0.15) is 38.8 Å². The number of nitrogens with zero attached hydrogens (tertiary/aromatic N) is 1. The molecule has 1 heterocycles. The average molecular weight is 293 g/mol. The number of amides is 1. The normalized spacial score (nSPS) is 22.2. The molecule has 1 amide bonds. The highest BCUT2D eigenvalue weighted by molar-refractivity contribution is 5.69. The molecule has 1 aromatic carbocycles. The van der Waals surface area contributed by atoms with E-state index in [9.17, 15) is 9.90 Å². The highest BCUT2D eigenvalue weighted by Crippen LogP contribution is 2.37. The number of β-amino-alcohol motifs (C(OH)–C–C–N with tert-alkyl or cyclic N) is 1. The summed E-state index contributed by atoms with van der Waals surface area (Å²) in [5.74, 6) is 0.713. The lowest BCUT2D eigenvalue weighted by Crippen LogP contribution is -2.37. The van der Waals surface area contributed by atoms with Gasteiger partial charge in [0.25, 0.3) is 0 Å². The van der Waals surface area contributed by atoms with Gasteiger partial charge in [0.15, 0.2) is 0 Å². The molecule has 0 radical (unpaired) electrons. The Kier molecular flexibility index (Phi) is 4.42. The topological polar surface area (TPSA) is 59.0 Å². The Morgan fingerprint density at radius 2 is 2.00 bits per heavy atom. The highest BCUT2D eigenvalue weighted by atomic mass is 16.6. The highest BCUT2D eigenvalue weighted by Gasteiger charge is 2.38. The molecule has 5 heteroatoms. The van der Waals surface area contributed by atoms with Crippen molar-refractivity contribution in [3.05, 3.63) is 29.8 Å². The number of para-hydroxylation sites is 1. The van der Waals surface area contributed by atoms with Crippen LogP contribution in [-0.4, -0.2) is 41.5 Å². The van der Waals surface area contributed by atoms with Crippen LogP contribution in [-0.2, 0) is 4.74 Å². The summed E-state index contributed by atoms with van der Waals surface area (Å²) < 4.78 is 10.8. The first-order valence-corrected chi connectivity index (χ1v) is 7.12. The molecule has 2 atom stereocenters. The molecule has 21 heavy (non-hydrogen) atoms. The zero-order valence-electron chi connectivity index (χ0n) is 13.0. The third kappa shape index (κ3) is 3.67. The smallest absolute Gasteiger partial charge is 0.410 e. The van der Waals surface area contributed by atoms with Gasteiger partial charge < -0.3 is 14.6 Å². The van der Waals surface area contributed by atoms with Crippen molar-refractivity contribution in [2.45, 2.75) is 44.9 Å². The van der Waals surface area contributed by atoms with Crippen LogP contribution in [0, 0.1) is 0 Å². The summed E-state index contributed by atoms with van der Waals surface area (Å²) in [7, 11) is 1.60. The van der Waals surface area contributed by atoms with E-state index in [1.807, 2.05) is 45.0 Å². The number of carbonyl (C=O) groups is 1. The van der Waals surface area contributed by atoms with E-state index < -0.39 is 17.8 Å². The lowest BCUT2D eigenvalue weighted by atomic mass is 10.0. The van der Waals surface area contributed by atoms with Crippen LogP contribution in [0.15, 0.2) is 24.3 Å². The molecule has 2 rings (SSSR count). The number of hydrogen-bond donors (Lipinski definition) is 1. The second-order valence-corrected chi connectivity index (χ2v) is 6.28. The van der Waals surface area contributed by atoms with E-state index in [1.54, 1.807) is 12.0 Å². The van der Waals surface area contributed by atoms with Crippen molar-refractivity contribution < 1.29 is 19.4 Å². The molecule has 5 nitrogen and oxygen atoms in total. The third-order valence-corrected chi connectivity index (χ3v) is 3.40. The van der Waals surface area contributed by atoms with Crippen molar-refractivity contribution in [1.29, 1.82) is 0 Å². The van der Waals surface area contributed by atoms with Gasteiger partial charge in [-0.25, -0.2) is 4.79 Å². The minimum Gasteiger partial charge on any atom is -0.496 e. The second-order valence-electron chi connectivity index (χ2n) is 6.28. The number of ether oxygens (including phenoxy) is 2. The summed E-state index contributed by atoms with van der Waals surface area (Å²) in [5, 5.41) is 9.95. The Balaban J connectivity index is 2.26. The Bertz CT molecular complexity index is 509. The number of benzene rings is 1. The molecule has 1 aliphatic heterocycles. The van der Waals surface area contributed by atoms with E-state index in [4.69, 9.17) is 9.47 Å². The zero-order valence-corrected chi connectivity index (χ0v) is 13.0. The minimum absolute atomic E-state index is 0.231. The van der Waals surface area contributed by atoms with E-state index >= 15 is 0 Å². The first-order valence-electron chi connectivity index (χ1n) is 7.12. The van der Waals surface area contributed by atoms with Crippen LogP contribution < -0.4 is 4.74 Å². The standard InChI is InChI=1S/C16H23NO4/c1-16(2,3)21-15(19)17-10-11(18)9-13(17)12-7-5-6-8-14(12)20-4/h5-8,11,13,18H,9-10H2,1-4H3. The number of aliphatic hydroxyl groups excluding tert-OH is 1. The van der Waals surface area contributed by atoms with E-state index in [-0.39, 0.29) is 12.6 Å². The zero-order chi connectivity index (χ0) is 15.6. The van der Waals surface area contributed by atoms with E-state index in [2.05, 4.69) is 0 Å². The van der Waals surface area contributed by atoms with E-state index in [0.717, 1.165) is 5.56 Å². The summed E-state index contributed by atoms with van der Waals surface area (Å²) in [6.45, 7) is 5.76. The molecule has 1 fully saturated rings. The van der Waals surface area contributed by atoms with Crippen molar-refractivity contribution in [2.75, 3.05) is 13.7 Å². The van der Waals surface area contributed by atoms with Gasteiger partial charge in [0.2, 0.25) is 0 Å². The number of hydrogen-bond acceptors (Lipinski definition) is 4. The third-order valence-electron chi connectivity index (χ3n) is 3.40. The molecule has 116 valence electrons. The predicted octanol–water partition coefficient (Wildman–Crippen LogP) is 2.74. The number of rotatable bonds is 2. The fourth-order valence-electron chi connectivity index (χ4n) is 2.57. The maximum Gasteiger partial charge on any atom is 0.410 e. The van der Waals surface area contributed by atoms with Gasteiger partial charge >= 0.3 is 6.09 Å². The molecule has 0 bridgehead atoms. The lowest BCUT2D eigenvalue weighted by molar-refractivity contribution is 0.0205. The maximum absolute atomic E-state index is 12.3. The van der Waals surface area contributed by atoms with Gasteiger partial charge in [0, 0.05) is 5.56 Å². The van der Waals surface area contributed by atoms with Crippen molar-refractivity contribution in [3.63, 3.8) is 0 Å². The summed E-state index contributed by atoms with van der Waals surface area (Å²) in [6, 6.07) is 7.32. The van der Waals surface area contributed by atoms with Gasteiger partial charge in [-0.3, -0.25) is 4.90 Å². The molecule has 1 saturated heterocycles. The van der Waals surface area contributed by atoms with Gasteiger partial charge in [-0.05, 0) is 33.3 Å². The second kappa shape index (κ2) is 5.93. The number of aliphatic hydroxyl groups is 1. The molecular formula is C16H23NO4. The first kappa shape index (κ1) is 15.6. The van der Waals surface area contributed by atoms with Crippen molar-refractivity contribution in [3.8, 4) is 5.75 Å².